The number of esters is 1. The average molecular weight is 401 g/mol. The fourth-order valence-corrected chi connectivity index (χ4v) is 3.84. The van der Waals surface area contributed by atoms with Crippen LogP contribution in [0.1, 0.15) is 28.7 Å². The van der Waals surface area contributed by atoms with Gasteiger partial charge in [-0.1, -0.05) is 66.7 Å². The molecule has 3 aromatic carbocycles. The smallest absolute Gasteiger partial charge is 0.348 e. The normalized spacial score (nSPS) is 12.8. The van der Waals surface area contributed by atoms with E-state index in [1.165, 1.54) is 11.1 Å². The van der Waals surface area contributed by atoms with Crippen LogP contribution in [0.5, 0.6) is 0 Å². The number of hydrogen-bond acceptors (Lipinski definition) is 4. The minimum atomic E-state index is -2.00. The fraction of sp³-hybridized carbons (Fsp3) is 0.200. The van der Waals surface area contributed by atoms with Gasteiger partial charge in [-0.25, -0.2) is 4.79 Å². The number of rotatable bonds is 6. The zero-order valence-electron chi connectivity index (χ0n) is 16.5. The maximum absolute atomic E-state index is 12.9. The summed E-state index contributed by atoms with van der Waals surface area (Å²) in [5.74, 6) is -1.35. The van der Waals surface area contributed by atoms with Crippen LogP contribution in [0.3, 0.4) is 0 Å². The lowest BCUT2D eigenvalue weighted by atomic mass is 9.86. The third kappa shape index (κ3) is 3.98. The van der Waals surface area contributed by atoms with Crippen LogP contribution in [0.15, 0.2) is 78.9 Å². The SMILES string of the molecule is O=C(COC(=O)C(O)(c1ccccc1)c1ccccc1)Nc1ccc2c(c1)CCC2. The van der Waals surface area contributed by atoms with E-state index < -0.39 is 24.1 Å². The van der Waals surface area contributed by atoms with Crippen molar-refractivity contribution in [2.75, 3.05) is 11.9 Å². The Morgan fingerprint density at radius 1 is 0.867 bits per heavy atom. The molecule has 0 fully saturated rings. The summed E-state index contributed by atoms with van der Waals surface area (Å²) in [7, 11) is 0. The molecule has 2 N–H and O–H groups in total. The largest absolute Gasteiger partial charge is 0.453 e. The molecule has 152 valence electrons. The van der Waals surface area contributed by atoms with E-state index >= 15 is 0 Å². The number of ether oxygens (including phenoxy) is 1. The van der Waals surface area contributed by atoms with Gasteiger partial charge in [0.15, 0.2) is 6.61 Å². The number of aryl methyl sites for hydroxylation is 2. The van der Waals surface area contributed by atoms with Crippen LogP contribution in [0.2, 0.25) is 0 Å². The van der Waals surface area contributed by atoms with E-state index in [1.54, 1.807) is 60.7 Å². The molecule has 0 heterocycles. The maximum atomic E-state index is 12.9. The molecule has 0 aromatic heterocycles. The summed E-state index contributed by atoms with van der Waals surface area (Å²) in [6, 6.07) is 23.0. The molecule has 0 bridgehead atoms. The van der Waals surface area contributed by atoms with Crippen molar-refractivity contribution in [1.29, 1.82) is 0 Å². The molecule has 4 rings (SSSR count). The molecule has 1 aliphatic rings. The van der Waals surface area contributed by atoms with Crippen molar-refractivity contribution >= 4 is 17.6 Å². The van der Waals surface area contributed by atoms with Gasteiger partial charge >= 0.3 is 5.97 Å². The number of anilines is 1. The first-order valence-electron chi connectivity index (χ1n) is 9.99. The van der Waals surface area contributed by atoms with E-state index in [4.69, 9.17) is 4.74 Å². The van der Waals surface area contributed by atoms with E-state index in [0.717, 1.165) is 19.3 Å². The number of nitrogens with one attached hydrogen (secondary N) is 1. The van der Waals surface area contributed by atoms with Gasteiger partial charge in [0.1, 0.15) is 0 Å². The van der Waals surface area contributed by atoms with Gasteiger partial charge < -0.3 is 15.2 Å². The van der Waals surface area contributed by atoms with Crippen LogP contribution in [0.25, 0.3) is 0 Å². The molecule has 30 heavy (non-hydrogen) atoms. The predicted molar refractivity (Wildman–Crippen MR) is 114 cm³/mol. The first kappa shape index (κ1) is 19.9. The average Bonchev–Trinajstić information content (AvgIpc) is 3.26. The molecular weight excluding hydrogens is 378 g/mol. The minimum Gasteiger partial charge on any atom is -0.453 e. The van der Waals surface area contributed by atoms with E-state index in [2.05, 4.69) is 5.32 Å². The summed E-state index contributed by atoms with van der Waals surface area (Å²) in [6.45, 7) is -0.488. The Morgan fingerprint density at radius 3 is 2.10 bits per heavy atom. The van der Waals surface area contributed by atoms with E-state index in [9.17, 15) is 14.7 Å². The van der Waals surface area contributed by atoms with Crippen molar-refractivity contribution in [3.63, 3.8) is 0 Å². The number of aliphatic hydroxyl groups is 1. The first-order valence-corrected chi connectivity index (χ1v) is 9.99. The Morgan fingerprint density at radius 2 is 1.47 bits per heavy atom. The van der Waals surface area contributed by atoms with Gasteiger partial charge in [0.25, 0.3) is 5.91 Å². The Bertz CT molecular complexity index is 1010. The Labute approximate surface area is 175 Å². The zero-order chi connectivity index (χ0) is 21.0. The predicted octanol–water partition coefficient (Wildman–Crippen LogP) is 3.59. The standard InChI is InChI=1S/C25H23NO4/c27-23(26-22-15-14-18-8-7-9-19(18)16-22)17-30-24(28)25(29,20-10-3-1-4-11-20)21-12-5-2-6-13-21/h1-6,10-16,29H,7-9,17H2,(H,26,27). The van der Waals surface area contributed by atoms with Crippen molar-refractivity contribution in [3.05, 3.63) is 101 Å². The van der Waals surface area contributed by atoms with Gasteiger partial charge in [-0.05, 0) is 53.6 Å². The number of carbonyl (C=O) groups is 2. The lowest BCUT2D eigenvalue weighted by Crippen LogP contribution is -2.39. The van der Waals surface area contributed by atoms with Crippen LogP contribution in [-0.2, 0) is 32.8 Å². The monoisotopic (exact) mass is 401 g/mol. The Balaban J connectivity index is 1.47. The Hall–Kier alpha value is -3.44. The molecule has 5 nitrogen and oxygen atoms in total. The van der Waals surface area contributed by atoms with E-state index in [0.29, 0.717) is 16.8 Å². The summed E-state index contributed by atoms with van der Waals surface area (Å²) in [5, 5.41) is 14.1. The number of fused-ring (bicyclic) bond motifs is 1. The molecule has 0 atom stereocenters. The molecule has 5 heteroatoms. The highest BCUT2D eigenvalue weighted by Crippen LogP contribution is 2.31. The minimum absolute atomic E-state index is 0.375. The van der Waals surface area contributed by atoms with Crippen molar-refractivity contribution in [2.45, 2.75) is 24.9 Å². The lowest BCUT2D eigenvalue weighted by Gasteiger charge is -2.27. The molecular formula is C25H23NO4. The topological polar surface area (TPSA) is 75.6 Å². The maximum Gasteiger partial charge on any atom is 0.348 e. The van der Waals surface area contributed by atoms with Crippen molar-refractivity contribution < 1.29 is 19.4 Å². The van der Waals surface area contributed by atoms with Crippen molar-refractivity contribution in [1.82, 2.24) is 0 Å². The number of hydrogen-bond donors (Lipinski definition) is 2. The second kappa shape index (κ2) is 8.51. The van der Waals surface area contributed by atoms with Crippen LogP contribution >= 0.6 is 0 Å². The highest BCUT2D eigenvalue weighted by molar-refractivity contribution is 5.94. The molecule has 1 amide bonds. The van der Waals surface area contributed by atoms with Crippen LogP contribution in [0.4, 0.5) is 5.69 Å². The number of benzene rings is 3. The number of carbonyl (C=O) groups excluding carboxylic acids is 2. The molecule has 0 saturated carbocycles. The van der Waals surface area contributed by atoms with Gasteiger partial charge in [0.2, 0.25) is 5.60 Å². The third-order valence-electron chi connectivity index (χ3n) is 5.40. The summed E-state index contributed by atoms with van der Waals surface area (Å²) >= 11 is 0. The van der Waals surface area contributed by atoms with E-state index in [-0.39, 0.29) is 0 Å². The molecule has 1 aliphatic carbocycles. The summed E-state index contributed by atoms with van der Waals surface area (Å²) in [4.78, 5) is 25.3. The van der Waals surface area contributed by atoms with Crippen LogP contribution in [0, 0.1) is 0 Å². The zero-order valence-corrected chi connectivity index (χ0v) is 16.5. The molecule has 3 aromatic rings. The highest BCUT2D eigenvalue weighted by atomic mass is 16.6. The second-order valence-corrected chi connectivity index (χ2v) is 7.40. The second-order valence-electron chi connectivity index (χ2n) is 7.40. The lowest BCUT2D eigenvalue weighted by molar-refractivity contribution is -0.163. The van der Waals surface area contributed by atoms with Crippen molar-refractivity contribution in [3.8, 4) is 0 Å². The van der Waals surface area contributed by atoms with Gasteiger partial charge in [-0.15, -0.1) is 0 Å². The van der Waals surface area contributed by atoms with Gasteiger partial charge in [0.05, 0.1) is 0 Å². The summed E-state index contributed by atoms with van der Waals surface area (Å²) < 4.78 is 5.24. The summed E-state index contributed by atoms with van der Waals surface area (Å²) in [6.07, 6.45) is 3.20. The number of amides is 1. The molecule has 0 aliphatic heterocycles. The fourth-order valence-electron chi connectivity index (χ4n) is 3.84. The molecule has 0 unspecified atom stereocenters. The Kier molecular flexibility index (Phi) is 5.63. The van der Waals surface area contributed by atoms with Crippen molar-refractivity contribution in [2.24, 2.45) is 0 Å². The molecule has 0 radical (unpaired) electrons. The van der Waals surface area contributed by atoms with Gasteiger partial charge in [-0.3, -0.25) is 4.79 Å². The van der Waals surface area contributed by atoms with Crippen LogP contribution in [-0.4, -0.2) is 23.6 Å². The first-order chi connectivity index (χ1) is 14.6. The van der Waals surface area contributed by atoms with Gasteiger partial charge in [0, 0.05) is 5.69 Å². The third-order valence-corrected chi connectivity index (χ3v) is 5.40. The van der Waals surface area contributed by atoms with E-state index in [1.807, 2.05) is 18.2 Å². The quantitative estimate of drug-likeness (QED) is 0.619. The summed E-state index contributed by atoms with van der Waals surface area (Å²) in [5.41, 5.74) is 1.98. The van der Waals surface area contributed by atoms with Gasteiger partial charge in [-0.2, -0.15) is 0 Å². The van der Waals surface area contributed by atoms with Crippen LogP contribution < -0.4 is 5.32 Å². The molecule has 0 spiro atoms. The highest BCUT2D eigenvalue weighted by Gasteiger charge is 2.41. The molecule has 0 saturated heterocycles.